The summed E-state index contributed by atoms with van der Waals surface area (Å²) in [5, 5.41) is 4.12. The molecule has 2 rings (SSSR count). The molecule has 22 heavy (non-hydrogen) atoms. The second-order valence-electron chi connectivity index (χ2n) is 5.66. The van der Waals surface area contributed by atoms with Crippen molar-refractivity contribution in [3.8, 4) is 0 Å². The molecule has 1 aromatic rings. The minimum absolute atomic E-state index is 0.0998. The van der Waals surface area contributed by atoms with Gasteiger partial charge >= 0.3 is 0 Å². The van der Waals surface area contributed by atoms with Crippen molar-refractivity contribution in [2.24, 2.45) is 5.92 Å². The molecule has 6 nitrogen and oxygen atoms in total. The van der Waals surface area contributed by atoms with Gasteiger partial charge in [-0.15, -0.1) is 0 Å². The van der Waals surface area contributed by atoms with Crippen LogP contribution in [0.4, 0.5) is 0 Å². The van der Waals surface area contributed by atoms with E-state index in [2.05, 4.69) is 5.10 Å². The van der Waals surface area contributed by atoms with Crippen LogP contribution in [-0.2, 0) is 16.1 Å². The van der Waals surface area contributed by atoms with E-state index in [1.165, 1.54) is 10.7 Å². The van der Waals surface area contributed by atoms with Gasteiger partial charge in [-0.25, -0.2) is 4.68 Å². The number of carbonyl (C=O) groups excluding carboxylic acids is 3. The highest BCUT2D eigenvalue weighted by Crippen LogP contribution is 2.20. The molecule has 0 bridgehead atoms. The molecule has 1 aliphatic carbocycles. The third-order valence-corrected chi connectivity index (χ3v) is 3.84. The molecule has 1 aliphatic rings. The summed E-state index contributed by atoms with van der Waals surface area (Å²) < 4.78 is 1.25. The van der Waals surface area contributed by atoms with Crippen LogP contribution in [0.1, 0.15) is 55.1 Å². The molecule has 1 aromatic heterocycles. The van der Waals surface area contributed by atoms with Crippen molar-refractivity contribution < 1.29 is 14.4 Å². The Labute approximate surface area is 128 Å². The topological polar surface area (TPSA) is 86.1 Å². The molecule has 0 spiro atoms. The number of unbranched alkanes of at least 4 members (excludes halogenated alkanes) is 1. The van der Waals surface area contributed by atoms with Crippen LogP contribution in [0.5, 0.6) is 0 Å². The Balaban J connectivity index is 2.41. The second kappa shape index (κ2) is 6.77. The molecule has 1 heterocycles. The first-order valence-electron chi connectivity index (χ1n) is 7.64. The fourth-order valence-electron chi connectivity index (χ4n) is 2.66. The normalized spacial score (nSPS) is 16.1. The van der Waals surface area contributed by atoms with Crippen molar-refractivity contribution in [3.05, 3.63) is 27.7 Å². The van der Waals surface area contributed by atoms with Gasteiger partial charge in [-0.2, -0.15) is 5.10 Å². The van der Waals surface area contributed by atoms with Crippen LogP contribution in [0.3, 0.4) is 0 Å². The number of ketones is 3. The number of hydrogen-bond acceptors (Lipinski definition) is 5. The molecule has 0 unspecified atom stereocenters. The monoisotopic (exact) mass is 304 g/mol. The summed E-state index contributed by atoms with van der Waals surface area (Å²) in [5.74, 6) is -2.73. The highest BCUT2D eigenvalue weighted by molar-refractivity contribution is 6.24. The van der Waals surface area contributed by atoms with Crippen LogP contribution in [0.2, 0.25) is 0 Å². The van der Waals surface area contributed by atoms with Crippen LogP contribution in [0.15, 0.2) is 10.9 Å². The number of Topliss-reactive ketones (excluding diaryl/α,β-unsaturated/α-hetero) is 3. The third-order valence-electron chi connectivity index (χ3n) is 3.84. The van der Waals surface area contributed by atoms with Crippen LogP contribution in [0, 0.1) is 12.8 Å². The number of aryl methyl sites for hydroxylation is 2. The number of rotatable bonds is 5. The van der Waals surface area contributed by atoms with E-state index in [1.807, 2.05) is 6.92 Å². The summed E-state index contributed by atoms with van der Waals surface area (Å²) in [5.41, 5.74) is -0.0952. The summed E-state index contributed by atoms with van der Waals surface area (Å²) in [6.07, 6.45) is 2.58. The first-order valence-corrected chi connectivity index (χ1v) is 7.64. The standard InChI is InChI=1S/C16H20N2O4/c1-3-4-8-18-16(22)11(9-10(2)17-18)15(21)14-12(19)6-5-7-13(14)20/h9,14H,3-8H2,1-2H3. The van der Waals surface area contributed by atoms with Crippen LogP contribution >= 0.6 is 0 Å². The first-order chi connectivity index (χ1) is 10.5. The summed E-state index contributed by atoms with van der Waals surface area (Å²) in [6.45, 7) is 4.10. The minimum Gasteiger partial charge on any atom is -0.298 e. The maximum atomic E-state index is 12.5. The van der Waals surface area contributed by atoms with Gasteiger partial charge in [0.25, 0.3) is 5.56 Å². The largest absolute Gasteiger partial charge is 0.298 e. The summed E-state index contributed by atoms with van der Waals surface area (Å²) >= 11 is 0. The summed E-state index contributed by atoms with van der Waals surface area (Å²) in [7, 11) is 0. The Morgan fingerprint density at radius 2 is 1.91 bits per heavy atom. The van der Waals surface area contributed by atoms with Gasteiger partial charge in [0.05, 0.1) is 11.3 Å². The van der Waals surface area contributed by atoms with Crippen molar-refractivity contribution >= 4 is 17.3 Å². The molecule has 1 saturated carbocycles. The highest BCUT2D eigenvalue weighted by atomic mass is 16.2. The molecule has 0 aliphatic heterocycles. The zero-order valence-electron chi connectivity index (χ0n) is 12.9. The van der Waals surface area contributed by atoms with Gasteiger partial charge in [0.15, 0.2) is 17.3 Å². The summed E-state index contributed by atoms with van der Waals surface area (Å²) in [4.78, 5) is 48.7. The number of aromatic nitrogens is 2. The fourth-order valence-corrected chi connectivity index (χ4v) is 2.66. The molecule has 0 N–H and O–H groups in total. The summed E-state index contributed by atoms with van der Waals surface area (Å²) in [6, 6.07) is 1.38. The first kappa shape index (κ1) is 16.3. The van der Waals surface area contributed by atoms with E-state index in [-0.39, 0.29) is 30.0 Å². The van der Waals surface area contributed by atoms with Crippen molar-refractivity contribution in [2.75, 3.05) is 0 Å². The lowest BCUT2D eigenvalue weighted by atomic mass is 9.82. The second-order valence-corrected chi connectivity index (χ2v) is 5.66. The van der Waals surface area contributed by atoms with Gasteiger partial charge in [-0.1, -0.05) is 13.3 Å². The molecule has 0 aromatic carbocycles. The maximum Gasteiger partial charge on any atom is 0.277 e. The van der Waals surface area contributed by atoms with E-state index in [4.69, 9.17) is 0 Å². The van der Waals surface area contributed by atoms with Crippen LogP contribution < -0.4 is 5.56 Å². The molecule has 0 radical (unpaired) electrons. The molecule has 0 saturated heterocycles. The Hall–Kier alpha value is -2.11. The van der Waals surface area contributed by atoms with Crippen LogP contribution in [0.25, 0.3) is 0 Å². The lowest BCUT2D eigenvalue weighted by molar-refractivity contribution is -0.133. The predicted molar refractivity (Wildman–Crippen MR) is 79.8 cm³/mol. The van der Waals surface area contributed by atoms with Crippen molar-refractivity contribution in [1.29, 1.82) is 0 Å². The lowest BCUT2D eigenvalue weighted by Gasteiger charge is -2.18. The molecule has 0 amide bonds. The molecular formula is C16H20N2O4. The number of carbonyl (C=O) groups is 3. The maximum absolute atomic E-state index is 12.5. The van der Waals surface area contributed by atoms with Crippen molar-refractivity contribution in [2.45, 2.75) is 52.5 Å². The zero-order chi connectivity index (χ0) is 16.3. The molecule has 0 atom stereocenters. The average molecular weight is 304 g/mol. The smallest absolute Gasteiger partial charge is 0.277 e. The van der Waals surface area contributed by atoms with Crippen LogP contribution in [-0.4, -0.2) is 27.1 Å². The van der Waals surface area contributed by atoms with Gasteiger partial charge < -0.3 is 0 Å². The van der Waals surface area contributed by atoms with E-state index >= 15 is 0 Å². The lowest BCUT2D eigenvalue weighted by Crippen LogP contribution is -2.39. The third kappa shape index (κ3) is 3.21. The van der Waals surface area contributed by atoms with Gasteiger partial charge in [0.2, 0.25) is 0 Å². The SMILES string of the molecule is CCCCn1nc(C)cc(C(=O)C2C(=O)CCCC2=O)c1=O. The van der Waals surface area contributed by atoms with E-state index in [1.54, 1.807) is 6.92 Å². The van der Waals surface area contributed by atoms with E-state index < -0.39 is 17.3 Å². The molecular weight excluding hydrogens is 284 g/mol. The molecule has 1 fully saturated rings. The minimum atomic E-state index is -1.30. The fraction of sp³-hybridized carbons (Fsp3) is 0.562. The van der Waals surface area contributed by atoms with Crippen molar-refractivity contribution in [3.63, 3.8) is 0 Å². The van der Waals surface area contributed by atoms with Gasteiger partial charge in [-0.3, -0.25) is 19.2 Å². The van der Waals surface area contributed by atoms with Gasteiger partial charge in [0.1, 0.15) is 5.92 Å². The van der Waals surface area contributed by atoms with E-state index in [0.29, 0.717) is 18.7 Å². The number of nitrogens with zero attached hydrogens (tertiary/aromatic N) is 2. The Kier molecular flexibility index (Phi) is 5.00. The quantitative estimate of drug-likeness (QED) is 0.607. The van der Waals surface area contributed by atoms with Crippen molar-refractivity contribution in [1.82, 2.24) is 9.78 Å². The Morgan fingerprint density at radius 1 is 1.27 bits per heavy atom. The molecule has 118 valence electrons. The average Bonchev–Trinajstić information content (AvgIpc) is 2.47. The van der Waals surface area contributed by atoms with Gasteiger partial charge in [0, 0.05) is 19.4 Å². The number of hydrogen-bond donors (Lipinski definition) is 0. The zero-order valence-corrected chi connectivity index (χ0v) is 12.9. The van der Waals surface area contributed by atoms with Gasteiger partial charge in [-0.05, 0) is 25.8 Å². The van der Waals surface area contributed by atoms with E-state index in [9.17, 15) is 19.2 Å². The Bertz CT molecular complexity index is 659. The van der Waals surface area contributed by atoms with E-state index in [0.717, 1.165) is 12.8 Å². The Morgan fingerprint density at radius 3 is 2.50 bits per heavy atom. The molecule has 6 heteroatoms. The highest BCUT2D eigenvalue weighted by Gasteiger charge is 2.37. The predicted octanol–water partition coefficient (Wildman–Crippen LogP) is 1.47.